The van der Waals surface area contributed by atoms with Gasteiger partial charge in [-0.25, -0.2) is 0 Å². The van der Waals surface area contributed by atoms with Gasteiger partial charge in [-0.2, -0.15) is 4.99 Å². The zero-order valence-corrected chi connectivity index (χ0v) is 14.7. The predicted molar refractivity (Wildman–Crippen MR) is 101 cm³/mol. The zero-order chi connectivity index (χ0) is 17.6. The summed E-state index contributed by atoms with van der Waals surface area (Å²) < 4.78 is 11.4. The van der Waals surface area contributed by atoms with Crippen molar-refractivity contribution in [2.45, 2.75) is 0 Å². The molecule has 0 fully saturated rings. The fraction of sp³-hybridized carbons (Fsp3) is 0.111. The third-order valence-corrected chi connectivity index (χ3v) is 4.40. The van der Waals surface area contributed by atoms with Crippen molar-refractivity contribution in [3.63, 3.8) is 0 Å². The highest BCUT2D eigenvalue weighted by molar-refractivity contribution is 8.18. The lowest BCUT2D eigenvalue weighted by Crippen LogP contribution is -2.09. The highest BCUT2D eigenvalue weighted by atomic mass is 35.5. The summed E-state index contributed by atoms with van der Waals surface area (Å²) in [6.07, 6.45) is 1.72. The fourth-order valence-corrected chi connectivity index (χ4v) is 3.03. The number of aliphatic imine (C=N–C) groups is 1. The molecule has 0 aromatic heterocycles. The van der Waals surface area contributed by atoms with Crippen molar-refractivity contribution in [2.24, 2.45) is 10.7 Å². The monoisotopic (exact) mass is 374 g/mol. The Bertz CT molecular complexity index is 852. The van der Waals surface area contributed by atoms with E-state index in [0.29, 0.717) is 34.6 Å². The molecule has 0 radical (unpaired) electrons. The van der Waals surface area contributed by atoms with Gasteiger partial charge in [0.25, 0.3) is 5.91 Å². The van der Waals surface area contributed by atoms with Crippen LogP contribution in [0.2, 0.25) is 5.02 Å². The van der Waals surface area contributed by atoms with Gasteiger partial charge in [-0.3, -0.25) is 4.79 Å². The lowest BCUT2D eigenvalue weighted by atomic mass is 10.2. The molecule has 0 atom stereocenters. The third-order valence-electron chi connectivity index (χ3n) is 3.28. The number of carbonyl (C=O) groups excluding carboxylic acids is 1. The topological polar surface area (TPSA) is 73.9 Å². The van der Waals surface area contributed by atoms with Crippen molar-refractivity contribution in [1.29, 1.82) is 0 Å². The largest absolute Gasteiger partial charge is 0.489 e. The van der Waals surface area contributed by atoms with Gasteiger partial charge in [0.1, 0.15) is 24.7 Å². The first-order valence-corrected chi connectivity index (χ1v) is 8.70. The summed E-state index contributed by atoms with van der Waals surface area (Å²) in [5.74, 6) is 0.930. The molecule has 1 aliphatic heterocycles. The third kappa shape index (κ3) is 4.55. The maximum atomic E-state index is 11.7. The number of hydrogen-bond donors (Lipinski definition) is 1. The number of carbonyl (C=O) groups is 1. The Hall–Kier alpha value is -2.44. The highest BCUT2D eigenvalue weighted by Gasteiger charge is 2.20. The van der Waals surface area contributed by atoms with E-state index >= 15 is 0 Å². The molecule has 7 heteroatoms. The maximum absolute atomic E-state index is 11.7. The van der Waals surface area contributed by atoms with Gasteiger partial charge in [-0.15, -0.1) is 0 Å². The molecular formula is C18H15ClN2O3S. The van der Waals surface area contributed by atoms with Crippen molar-refractivity contribution in [3.8, 4) is 11.5 Å². The summed E-state index contributed by atoms with van der Waals surface area (Å²) in [5.41, 5.74) is 6.34. The molecular weight excluding hydrogens is 360 g/mol. The number of nitrogens with two attached hydrogens (primary N) is 1. The Labute approximate surface area is 154 Å². The lowest BCUT2D eigenvalue weighted by Gasteiger charge is -2.11. The Balaban J connectivity index is 1.61. The van der Waals surface area contributed by atoms with E-state index in [1.807, 2.05) is 36.4 Å². The first-order chi connectivity index (χ1) is 12.1. The van der Waals surface area contributed by atoms with Crippen LogP contribution in [0, 0.1) is 0 Å². The summed E-state index contributed by atoms with van der Waals surface area (Å²) in [5, 5.41) is 0.810. The van der Waals surface area contributed by atoms with Gasteiger partial charge in [0.2, 0.25) is 0 Å². The summed E-state index contributed by atoms with van der Waals surface area (Å²) >= 11 is 7.19. The Morgan fingerprint density at radius 1 is 1.04 bits per heavy atom. The minimum Gasteiger partial charge on any atom is -0.489 e. The normalized spacial score (nSPS) is 15.3. The number of benzene rings is 2. The molecule has 1 heterocycles. The van der Waals surface area contributed by atoms with E-state index in [-0.39, 0.29) is 11.1 Å². The average molecular weight is 375 g/mol. The van der Waals surface area contributed by atoms with Gasteiger partial charge < -0.3 is 15.2 Å². The first kappa shape index (κ1) is 17.4. The molecule has 0 saturated carbocycles. The fourth-order valence-electron chi connectivity index (χ4n) is 2.16. The van der Waals surface area contributed by atoms with E-state index in [2.05, 4.69) is 4.99 Å². The van der Waals surface area contributed by atoms with E-state index in [9.17, 15) is 4.79 Å². The predicted octanol–water partition coefficient (Wildman–Crippen LogP) is 3.73. The number of rotatable bonds is 6. The standard InChI is InChI=1S/C18H15ClN2O3S/c19-13-6-2-4-8-15(13)24-10-9-23-14-7-3-1-5-12(14)11-16-17(22)21-18(20)25-16/h1-8,11H,9-10H2,(H2,20,21,22)/b16-11-. The number of nitrogens with zero attached hydrogens (tertiary/aromatic N) is 1. The second-order valence-corrected chi connectivity index (χ2v) is 6.50. The van der Waals surface area contributed by atoms with Crippen LogP contribution in [0.25, 0.3) is 6.08 Å². The number of halogens is 1. The van der Waals surface area contributed by atoms with Crippen LogP contribution in [0.3, 0.4) is 0 Å². The van der Waals surface area contributed by atoms with Crippen LogP contribution >= 0.6 is 23.4 Å². The first-order valence-electron chi connectivity index (χ1n) is 7.50. The molecule has 0 saturated heterocycles. The molecule has 0 bridgehead atoms. The molecule has 1 amide bonds. The number of amidine groups is 1. The number of thioether (sulfide) groups is 1. The molecule has 2 aromatic rings. The molecule has 0 spiro atoms. The van der Waals surface area contributed by atoms with Crippen molar-refractivity contribution in [3.05, 3.63) is 64.0 Å². The van der Waals surface area contributed by atoms with Gasteiger partial charge in [0.15, 0.2) is 5.17 Å². The molecule has 5 nitrogen and oxygen atoms in total. The second kappa shape index (κ2) is 8.09. The van der Waals surface area contributed by atoms with Crippen LogP contribution in [-0.2, 0) is 4.79 Å². The number of hydrogen-bond acceptors (Lipinski definition) is 5. The summed E-state index contributed by atoms with van der Waals surface area (Å²) in [6.45, 7) is 0.684. The quantitative estimate of drug-likeness (QED) is 0.616. The Morgan fingerprint density at radius 3 is 2.36 bits per heavy atom. The van der Waals surface area contributed by atoms with Gasteiger partial charge in [0.05, 0.1) is 9.93 Å². The van der Waals surface area contributed by atoms with Crippen LogP contribution in [-0.4, -0.2) is 24.3 Å². The van der Waals surface area contributed by atoms with E-state index in [0.717, 1.165) is 17.3 Å². The van der Waals surface area contributed by atoms with Gasteiger partial charge in [-0.1, -0.05) is 41.9 Å². The molecule has 2 aromatic carbocycles. The van der Waals surface area contributed by atoms with Gasteiger partial charge in [0, 0.05) is 5.56 Å². The number of ether oxygens (including phenoxy) is 2. The smallest absolute Gasteiger partial charge is 0.286 e. The Kier molecular flexibility index (Phi) is 5.63. The molecule has 3 rings (SSSR count). The van der Waals surface area contributed by atoms with Crippen molar-refractivity contribution < 1.29 is 14.3 Å². The van der Waals surface area contributed by atoms with Crippen LogP contribution < -0.4 is 15.2 Å². The van der Waals surface area contributed by atoms with Gasteiger partial charge in [-0.05, 0) is 36.0 Å². The molecule has 1 aliphatic rings. The van der Waals surface area contributed by atoms with E-state index in [1.165, 1.54) is 0 Å². The van der Waals surface area contributed by atoms with E-state index < -0.39 is 0 Å². The molecule has 128 valence electrons. The number of amides is 1. The highest BCUT2D eigenvalue weighted by Crippen LogP contribution is 2.29. The minimum absolute atomic E-state index is 0.253. The SMILES string of the molecule is NC1=NC(=O)/C(=C/c2ccccc2OCCOc2ccccc2Cl)S1. The van der Waals surface area contributed by atoms with E-state index in [1.54, 1.807) is 18.2 Å². The summed E-state index contributed by atoms with van der Waals surface area (Å²) in [7, 11) is 0. The van der Waals surface area contributed by atoms with E-state index in [4.69, 9.17) is 26.8 Å². The molecule has 0 aliphatic carbocycles. The number of para-hydroxylation sites is 2. The average Bonchev–Trinajstić information content (AvgIpc) is 2.92. The second-order valence-electron chi connectivity index (χ2n) is 5.03. The van der Waals surface area contributed by atoms with Crippen molar-refractivity contribution in [1.82, 2.24) is 0 Å². The van der Waals surface area contributed by atoms with Crippen LogP contribution in [0.15, 0.2) is 58.4 Å². The van der Waals surface area contributed by atoms with Crippen LogP contribution in [0.4, 0.5) is 0 Å². The molecule has 2 N–H and O–H groups in total. The van der Waals surface area contributed by atoms with Gasteiger partial charge >= 0.3 is 0 Å². The van der Waals surface area contributed by atoms with Crippen LogP contribution in [0.1, 0.15) is 5.56 Å². The molecule has 0 unspecified atom stereocenters. The molecule has 25 heavy (non-hydrogen) atoms. The minimum atomic E-state index is -0.334. The van der Waals surface area contributed by atoms with Crippen molar-refractivity contribution >= 4 is 40.5 Å². The maximum Gasteiger partial charge on any atom is 0.286 e. The zero-order valence-electron chi connectivity index (χ0n) is 13.1. The van der Waals surface area contributed by atoms with Crippen molar-refractivity contribution in [2.75, 3.05) is 13.2 Å². The Morgan fingerprint density at radius 2 is 1.68 bits per heavy atom. The lowest BCUT2D eigenvalue weighted by molar-refractivity contribution is -0.113. The summed E-state index contributed by atoms with van der Waals surface area (Å²) in [6, 6.07) is 14.7. The van der Waals surface area contributed by atoms with Crippen LogP contribution in [0.5, 0.6) is 11.5 Å². The summed E-state index contributed by atoms with van der Waals surface area (Å²) in [4.78, 5) is 15.9.